The molecule has 0 aliphatic heterocycles. The van der Waals surface area contributed by atoms with Crippen molar-refractivity contribution in [2.75, 3.05) is 0 Å². The standard InChI is InChI=1S/C45H29N3/c1-2-11-30(12-3-1)31-13-9-16-34(26-31)44-43(33-15-8-14-32(25-33)36-17-10-24-46-28-36)29-47-45(48-44)35-22-23-41-39-20-5-4-18-37(39)38-19-6-7-21-40(38)42(41)27-35/h1-29H. The largest absolute Gasteiger partial charge is 0.264 e. The fourth-order valence-electron chi connectivity index (χ4n) is 6.88. The van der Waals surface area contributed by atoms with Gasteiger partial charge in [0.25, 0.3) is 0 Å². The number of benzene rings is 7. The zero-order valence-corrected chi connectivity index (χ0v) is 26.1. The number of hydrogen-bond acceptors (Lipinski definition) is 3. The van der Waals surface area contributed by atoms with Gasteiger partial charge in [-0.3, -0.25) is 4.98 Å². The van der Waals surface area contributed by atoms with E-state index in [0.717, 1.165) is 44.6 Å². The van der Waals surface area contributed by atoms with Crippen LogP contribution in [0.5, 0.6) is 0 Å². The van der Waals surface area contributed by atoms with Crippen molar-refractivity contribution in [1.82, 2.24) is 15.0 Å². The Morgan fingerprint density at radius 3 is 1.60 bits per heavy atom. The summed E-state index contributed by atoms with van der Waals surface area (Å²) >= 11 is 0. The fraction of sp³-hybridized carbons (Fsp3) is 0. The fourth-order valence-corrected chi connectivity index (χ4v) is 6.88. The van der Waals surface area contributed by atoms with Gasteiger partial charge in [-0.2, -0.15) is 0 Å². The molecular formula is C45H29N3. The third kappa shape index (κ3) is 4.90. The molecule has 7 aromatic carbocycles. The van der Waals surface area contributed by atoms with E-state index < -0.39 is 0 Å². The van der Waals surface area contributed by atoms with Crippen LogP contribution in [0.15, 0.2) is 176 Å². The van der Waals surface area contributed by atoms with Crippen molar-refractivity contribution >= 4 is 32.3 Å². The second-order valence-electron chi connectivity index (χ2n) is 12.1. The Balaban J connectivity index is 1.25. The van der Waals surface area contributed by atoms with Crippen molar-refractivity contribution in [1.29, 1.82) is 0 Å². The zero-order valence-electron chi connectivity index (χ0n) is 26.1. The minimum Gasteiger partial charge on any atom is -0.264 e. The Bertz CT molecular complexity index is 2570. The van der Waals surface area contributed by atoms with Crippen LogP contribution in [0, 0.1) is 0 Å². The van der Waals surface area contributed by atoms with E-state index >= 15 is 0 Å². The molecule has 0 aliphatic carbocycles. The van der Waals surface area contributed by atoms with Gasteiger partial charge in [0.15, 0.2) is 5.82 Å². The van der Waals surface area contributed by atoms with Crippen LogP contribution < -0.4 is 0 Å². The summed E-state index contributed by atoms with van der Waals surface area (Å²) in [4.78, 5) is 14.7. The Kier molecular flexibility index (Phi) is 6.80. The highest BCUT2D eigenvalue weighted by molar-refractivity contribution is 6.25. The lowest BCUT2D eigenvalue weighted by Crippen LogP contribution is -1.97. The van der Waals surface area contributed by atoms with Crippen LogP contribution in [-0.4, -0.2) is 15.0 Å². The molecule has 2 aromatic heterocycles. The number of rotatable bonds is 5. The molecular weight excluding hydrogens is 583 g/mol. The average Bonchev–Trinajstić information content (AvgIpc) is 3.18. The number of fused-ring (bicyclic) bond motifs is 6. The van der Waals surface area contributed by atoms with Crippen molar-refractivity contribution in [2.24, 2.45) is 0 Å². The highest BCUT2D eigenvalue weighted by Crippen LogP contribution is 2.39. The summed E-state index contributed by atoms with van der Waals surface area (Å²) in [6, 6.07) is 55.7. The van der Waals surface area contributed by atoms with Crippen molar-refractivity contribution < 1.29 is 0 Å². The lowest BCUT2D eigenvalue weighted by Gasteiger charge is -2.14. The van der Waals surface area contributed by atoms with Crippen LogP contribution in [-0.2, 0) is 0 Å². The minimum absolute atomic E-state index is 0.696. The van der Waals surface area contributed by atoms with Gasteiger partial charge in [0.1, 0.15) is 0 Å². The molecule has 3 nitrogen and oxygen atoms in total. The molecule has 0 spiro atoms. The SMILES string of the molecule is c1ccc(-c2cccc(-c3nc(-c4ccc5c6ccccc6c6ccccc6c5c4)ncc3-c3cccc(-c4cccnc4)c3)c2)cc1. The van der Waals surface area contributed by atoms with Crippen LogP contribution in [0.25, 0.3) is 88.3 Å². The molecule has 224 valence electrons. The van der Waals surface area contributed by atoms with E-state index in [4.69, 9.17) is 9.97 Å². The van der Waals surface area contributed by atoms with Gasteiger partial charge in [-0.1, -0.05) is 133 Å². The summed E-state index contributed by atoms with van der Waals surface area (Å²) in [6.07, 6.45) is 5.68. The average molecular weight is 612 g/mol. The summed E-state index contributed by atoms with van der Waals surface area (Å²) in [5, 5.41) is 7.43. The number of hydrogen-bond donors (Lipinski definition) is 0. The Morgan fingerprint density at radius 2 is 0.896 bits per heavy atom. The summed E-state index contributed by atoms with van der Waals surface area (Å²) < 4.78 is 0. The van der Waals surface area contributed by atoms with Crippen LogP contribution in [0.2, 0.25) is 0 Å². The van der Waals surface area contributed by atoms with E-state index in [1.165, 1.54) is 37.9 Å². The van der Waals surface area contributed by atoms with Crippen LogP contribution >= 0.6 is 0 Å². The molecule has 0 radical (unpaired) electrons. The predicted molar refractivity (Wildman–Crippen MR) is 200 cm³/mol. The van der Waals surface area contributed by atoms with Crippen molar-refractivity contribution in [3.8, 4) is 56.0 Å². The predicted octanol–water partition coefficient (Wildman–Crippen LogP) is 11.7. The molecule has 9 rings (SSSR count). The number of pyridine rings is 1. The van der Waals surface area contributed by atoms with Crippen molar-refractivity contribution in [3.63, 3.8) is 0 Å². The smallest absolute Gasteiger partial charge is 0.159 e. The maximum Gasteiger partial charge on any atom is 0.159 e. The van der Waals surface area contributed by atoms with E-state index in [1.54, 1.807) is 6.20 Å². The lowest BCUT2D eigenvalue weighted by atomic mass is 9.93. The first kappa shape index (κ1) is 27.8. The molecule has 0 atom stereocenters. The first-order chi connectivity index (χ1) is 23.8. The quantitative estimate of drug-likeness (QED) is 0.182. The van der Waals surface area contributed by atoms with E-state index in [1.807, 2.05) is 24.5 Å². The molecule has 0 saturated heterocycles. The Labute approximate surface area is 278 Å². The summed E-state index contributed by atoms with van der Waals surface area (Å²) in [7, 11) is 0. The molecule has 0 N–H and O–H groups in total. The first-order valence-corrected chi connectivity index (χ1v) is 16.2. The van der Waals surface area contributed by atoms with Gasteiger partial charge in [0.05, 0.1) is 5.69 Å². The highest BCUT2D eigenvalue weighted by Gasteiger charge is 2.16. The van der Waals surface area contributed by atoms with Crippen molar-refractivity contribution in [2.45, 2.75) is 0 Å². The normalized spacial score (nSPS) is 11.3. The molecule has 9 aromatic rings. The van der Waals surface area contributed by atoms with Gasteiger partial charge in [0.2, 0.25) is 0 Å². The molecule has 0 bridgehead atoms. The molecule has 0 amide bonds. The Hall–Kier alpha value is -6.45. The maximum absolute atomic E-state index is 5.35. The molecule has 0 unspecified atom stereocenters. The van der Waals surface area contributed by atoms with Gasteiger partial charge in [-0.15, -0.1) is 0 Å². The highest BCUT2D eigenvalue weighted by atomic mass is 14.9. The van der Waals surface area contributed by atoms with Crippen LogP contribution in [0.3, 0.4) is 0 Å². The van der Waals surface area contributed by atoms with Gasteiger partial charge in [-0.25, -0.2) is 9.97 Å². The van der Waals surface area contributed by atoms with Crippen LogP contribution in [0.1, 0.15) is 0 Å². The Morgan fingerprint density at radius 1 is 0.333 bits per heavy atom. The zero-order chi connectivity index (χ0) is 31.9. The monoisotopic (exact) mass is 611 g/mol. The molecule has 48 heavy (non-hydrogen) atoms. The van der Waals surface area contributed by atoms with Gasteiger partial charge in [-0.05, 0) is 78.8 Å². The topological polar surface area (TPSA) is 38.7 Å². The van der Waals surface area contributed by atoms with E-state index in [2.05, 4.69) is 151 Å². The third-order valence-corrected chi connectivity index (χ3v) is 9.20. The minimum atomic E-state index is 0.696. The molecule has 0 fully saturated rings. The second-order valence-corrected chi connectivity index (χ2v) is 12.1. The first-order valence-electron chi connectivity index (χ1n) is 16.2. The summed E-state index contributed by atoms with van der Waals surface area (Å²) in [6.45, 7) is 0. The maximum atomic E-state index is 5.35. The summed E-state index contributed by atoms with van der Waals surface area (Å²) in [5.41, 5.74) is 9.44. The second kappa shape index (κ2) is 11.7. The molecule has 3 heteroatoms. The van der Waals surface area contributed by atoms with Crippen molar-refractivity contribution in [3.05, 3.63) is 176 Å². The molecule has 0 aliphatic rings. The van der Waals surface area contributed by atoms with E-state index in [9.17, 15) is 0 Å². The van der Waals surface area contributed by atoms with Crippen LogP contribution in [0.4, 0.5) is 0 Å². The number of nitrogens with zero attached hydrogens (tertiary/aromatic N) is 3. The van der Waals surface area contributed by atoms with Gasteiger partial charge in [0, 0.05) is 40.8 Å². The van der Waals surface area contributed by atoms with Gasteiger partial charge >= 0.3 is 0 Å². The summed E-state index contributed by atoms with van der Waals surface area (Å²) in [5.74, 6) is 0.696. The third-order valence-electron chi connectivity index (χ3n) is 9.20. The lowest BCUT2D eigenvalue weighted by molar-refractivity contribution is 1.18. The van der Waals surface area contributed by atoms with Gasteiger partial charge < -0.3 is 0 Å². The van der Waals surface area contributed by atoms with E-state index in [-0.39, 0.29) is 0 Å². The number of aromatic nitrogens is 3. The molecule has 2 heterocycles. The molecule has 0 saturated carbocycles. The van der Waals surface area contributed by atoms with E-state index in [0.29, 0.717) is 5.82 Å².